The fourth-order valence-electron chi connectivity index (χ4n) is 1.84. The minimum absolute atomic E-state index is 0.127. The summed E-state index contributed by atoms with van der Waals surface area (Å²) in [5.41, 5.74) is 5.36. The first-order valence-electron chi connectivity index (χ1n) is 6.60. The molecule has 7 nitrogen and oxygen atoms in total. The molecule has 0 saturated heterocycles. The molecule has 11 heteroatoms. The number of urea groups is 1. The van der Waals surface area contributed by atoms with E-state index in [1.807, 2.05) is 0 Å². The molecule has 0 saturated carbocycles. The molecule has 0 bridgehead atoms. The smallest absolute Gasteiger partial charge is 0.406 e. The molecule has 0 aliphatic heterocycles. The Bertz CT molecular complexity index is 868. The number of halogens is 3. The van der Waals surface area contributed by atoms with E-state index in [1.54, 1.807) is 0 Å². The topological polar surface area (TPSA) is 111 Å². The average Bonchev–Trinajstić information content (AvgIpc) is 2.45. The first-order valence-corrected chi connectivity index (χ1v) is 8.09. The summed E-state index contributed by atoms with van der Waals surface area (Å²) in [4.78, 5) is 10.5. The second kappa shape index (κ2) is 6.89. The molecule has 2 aromatic carbocycles. The summed E-state index contributed by atoms with van der Waals surface area (Å²) in [5.74, 6) is -0.542. The molecule has 0 heterocycles. The van der Waals surface area contributed by atoms with Crippen LogP contribution >= 0.6 is 0 Å². The fraction of sp³-hybridized carbons (Fsp3) is 0.0714. The number of benzene rings is 2. The van der Waals surface area contributed by atoms with E-state index in [0.29, 0.717) is 0 Å². The van der Waals surface area contributed by atoms with Gasteiger partial charge in [-0.2, -0.15) is 0 Å². The van der Waals surface area contributed by atoms with Gasteiger partial charge in [-0.15, -0.1) is 13.2 Å². The summed E-state index contributed by atoms with van der Waals surface area (Å²) >= 11 is 0. The third-order valence-electron chi connectivity index (χ3n) is 2.75. The van der Waals surface area contributed by atoms with Gasteiger partial charge in [0.15, 0.2) is 0 Å². The summed E-state index contributed by atoms with van der Waals surface area (Å²) in [6, 6.07) is 8.59. The number of carbonyl (C=O) groups is 1. The van der Waals surface area contributed by atoms with Crippen LogP contribution in [-0.2, 0) is 10.0 Å². The van der Waals surface area contributed by atoms with Crippen molar-refractivity contribution in [1.29, 1.82) is 0 Å². The highest BCUT2D eigenvalue weighted by Gasteiger charge is 2.31. The number of nitrogens with two attached hydrogens (primary N) is 1. The number of rotatable bonds is 5. The molecule has 134 valence electrons. The van der Waals surface area contributed by atoms with E-state index in [2.05, 4.69) is 14.8 Å². The molecule has 0 spiro atoms. The van der Waals surface area contributed by atoms with Crippen LogP contribution in [0.5, 0.6) is 5.75 Å². The quantitative estimate of drug-likeness (QED) is 0.746. The minimum Gasteiger partial charge on any atom is -0.406 e. The Labute approximate surface area is 140 Å². The van der Waals surface area contributed by atoms with Crippen LogP contribution in [0.1, 0.15) is 0 Å². The van der Waals surface area contributed by atoms with Crippen LogP contribution in [0.4, 0.5) is 29.3 Å². The number of nitrogens with one attached hydrogen (secondary N) is 2. The standard InChI is InChI=1S/C14H12F3N3O4S/c15-14(16,17)24-11-4-6-12(7-5-11)25(22,23)20-10-3-1-2-9(8-10)19-13(18)21/h1-8,20H,(H3,18,19,21). The number of anilines is 2. The second-order valence-electron chi connectivity index (χ2n) is 4.69. The summed E-state index contributed by atoms with van der Waals surface area (Å²) in [6.45, 7) is 0. The van der Waals surface area contributed by atoms with Crippen molar-refractivity contribution < 1.29 is 31.1 Å². The van der Waals surface area contributed by atoms with Crippen molar-refractivity contribution in [2.45, 2.75) is 11.3 Å². The predicted octanol–water partition coefficient (Wildman–Crippen LogP) is 2.88. The summed E-state index contributed by atoms with van der Waals surface area (Å²) < 4.78 is 66.7. The van der Waals surface area contributed by atoms with E-state index in [1.165, 1.54) is 24.3 Å². The third-order valence-corrected chi connectivity index (χ3v) is 4.15. The fourth-order valence-corrected chi connectivity index (χ4v) is 2.89. The second-order valence-corrected chi connectivity index (χ2v) is 6.38. The maximum absolute atomic E-state index is 12.2. The lowest BCUT2D eigenvalue weighted by atomic mass is 10.3. The maximum Gasteiger partial charge on any atom is 0.573 e. The van der Waals surface area contributed by atoms with Crippen LogP contribution in [-0.4, -0.2) is 20.8 Å². The number of primary amides is 1. The molecule has 0 radical (unpaired) electrons. The van der Waals surface area contributed by atoms with E-state index in [9.17, 15) is 26.4 Å². The lowest BCUT2D eigenvalue weighted by molar-refractivity contribution is -0.274. The van der Waals surface area contributed by atoms with Gasteiger partial charge in [0.05, 0.1) is 10.6 Å². The lowest BCUT2D eigenvalue weighted by Gasteiger charge is -2.11. The van der Waals surface area contributed by atoms with Crippen molar-refractivity contribution in [2.24, 2.45) is 5.73 Å². The van der Waals surface area contributed by atoms with E-state index in [0.717, 1.165) is 24.3 Å². The highest BCUT2D eigenvalue weighted by Crippen LogP contribution is 2.25. The van der Waals surface area contributed by atoms with Gasteiger partial charge >= 0.3 is 12.4 Å². The highest BCUT2D eigenvalue weighted by molar-refractivity contribution is 7.92. The van der Waals surface area contributed by atoms with Gasteiger partial charge < -0.3 is 15.8 Å². The summed E-state index contributed by atoms with van der Waals surface area (Å²) in [5, 5.41) is 2.28. The van der Waals surface area contributed by atoms with Crippen LogP contribution in [0.15, 0.2) is 53.4 Å². The molecule has 0 aromatic heterocycles. The van der Waals surface area contributed by atoms with E-state index >= 15 is 0 Å². The Kier molecular flexibility index (Phi) is 5.07. The SMILES string of the molecule is NC(=O)Nc1cccc(NS(=O)(=O)c2ccc(OC(F)(F)F)cc2)c1. The number of carbonyl (C=O) groups excluding carboxylic acids is 1. The van der Waals surface area contributed by atoms with Gasteiger partial charge in [0.25, 0.3) is 10.0 Å². The zero-order valence-corrected chi connectivity index (χ0v) is 13.2. The molecule has 0 atom stereocenters. The molecular weight excluding hydrogens is 363 g/mol. The van der Waals surface area contributed by atoms with Crippen molar-refractivity contribution in [3.63, 3.8) is 0 Å². The van der Waals surface area contributed by atoms with Gasteiger partial charge in [-0.3, -0.25) is 4.72 Å². The maximum atomic E-state index is 12.2. The van der Waals surface area contributed by atoms with Crippen LogP contribution in [0.3, 0.4) is 0 Å². The van der Waals surface area contributed by atoms with Crippen LogP contribution < -0.4 is 20.5 Å². The van der Waals surface area contributed by atoms with Gasteiger partial charge in [0.2, 0.25) is 0 Å². The monoisotopic (exact) mass is 375 g/mol. The number of hydrogen-bond donors (Lipinski definition) is 3. The Morgan fingerprint density at radius 3 is 2.20 bits per heavy atom. The van der Waals surface area contributed by atoms with E-state index in [-0.39, 0.29) is 16.3 Å². The first-order chi connectivity index (χ1) is 11.5. The minimum atomic E-state index is -4.87. The number of ether oxygens (including phenoxy) is 1. The summed E-state index contributed by atoms with van der Waals surface area (Å²) in [7, 11) is -4.05. The van der Waals surface area contributed by atoms with Gasteiger partial charge in [-0.25, -0.2) is 13.2 Å². The Hall–Kier alpha value is -2.95. The molecule has 2 amide bonds. The van der Waals surface area contributed by atoms with Crippen molar-refractivity contribution in [3.8, 4) is 5.75 Å². The summed E-state index contributed by atoms with van der Waals surface area (Å²) in [6.07, 6.45) is -4.87. The van der Waals surface area contributed by atoms with Gasteiger partial charge in [0.1, 0.15) is 5.75 Å². The van der Waals surface area contributed by atoms with Crippen molar-refractivity contribution in [3.05, 3.63) is 48.5 Å². The van der Waals surface area contributed by atoms with Crippen molar-refractivity contribution in [2.75, 3.05) is 10.0 Å². The highest BCUT2D eigenvalue weighted by atomic mass is 32.2. The molecule has 0 fully saturated rings. The molecule has 2 rings (SSSR count). The largest absolute Gasteiger partial charge is 0.573 e. The molecule has 0 aliphatic carbocycles. The average molecular weight is 375 g/mol. The van der Waals surface area contributed by atoms with Crippen molar-refractivity contribution in [1.82, 2.24) is 0 Å². The lowest BCUT2D eigenvalue weighted by Crippen LogP contribution is -2.19. The third kappa shape index (κ3) is 5.57. The van der Waals surface area contributed by atoms with E-state index in [4.69, 9.17) is 5.73 Å². The zero-order valence-electron chi connectivity index (χ0n) is 12.4. The van der Waals surface area contributed by atoms with E-state index < -0.39 is 28.2 Å². The number of hydrogen-bond acceptors (Lipinski definition) is 4. The van der Waals surface area contributed by atoms with Gasteiger partial charge in [0, 0.05) is 5.69 Å². The molecule has 4 N–H and O–H groups in total. The van der Waals surface area contributed by atoms with Crippen molar-refractivity contribution >= 4 is 27.4 Å². The number of amides is 2. The predicted molar refractivity (Wildman–Crippen MR) is 83.6 cm³/mol. The van der Waals surface area contributed by atoms with Gasteiger partial charge in [-0.1, -0.05) is 6.07 Å². The Balaban J connectivity index is 2.17. The Morgan fingerprint density at radius 2 is 1.64 bits per heavy atom. The number of alkyl halides is 3. The zero-order chi connectivity index (χ0) is 18.7. The molecular formula is C14H12F3N3O4S. The van der Waals surface area contributed by atoms with Crippen LogP contribution in [0.25, 0.3) is 0 Å². The van der Waals surface area contributed by atoms with Crippen LogP contribution in [0.2, 0.25) is 0 Å². The molecule has 25 heavy (non-hydrogen) atoms. The molecule has 2 aromatic rings. The van der Waals surface area contributed by atoms with Gasteiger partial charge in [-0.05, 0) is 42.5 Å². The first kappa shape index (κ1) is 18.4. The molecule has 0 aliphatic rings. The Morgan fingerprint density at radius 1 is 1.04 bits per heavy atom. The van der Waals surface area contributed by atoms with Crippen LogP contribution in [0, 0.1) is 0 Å². The normalized spacial score (nSPS) is 11.6. The number of sulfonamides is 1. The molecule has 0 unspecified atom stereocenters.